The van der Waals surface area contributed by atoms with Gasteiger partial charge in [0.15, 0.2) is 0 Å². The Labute approximate surface area is 146 Å². The first-order chi connectivity index (χ1) is 11.7. The Bertz CT molecular complexity index is 660. The highest BCUT2D eigenvalue weighted by Crippen LogP contribution is 2.20. The van der Waals surface area contributed by atoms with E-state index < -0.39 is 5.82 Å². The van der Waals surface area contributed by atoms with Gasteiger partial charge in [0, 0.05) is 25.8 Å². The van der Waals surface area contributed by atoms with Crippen molar-refractivity contribution in [3.8, 4) is 0 Å². The smallest absolute Gasteiger partial charge is 0.320 e. The minimum absolute atomic E-state index is 0.0572. The molecule has 7 nitrogen and oxygen atoms in total. The van der Waals surface area contributed by atoms with E-state index in [0.29, 0.717) is 5.69 Å². The first-order valence-electron chi connectivity index (χ1n) is 8.02. The van der Waals surface area contributed by atoms with Crippen molar-refractivity contribution in [2.45, 2.75) is 19.9 Å². The molecule has 0 aliphatic carbocycles. The highest BCUT2D eigenvalue weighted by atomic mass is 19.1. The molecule has 4 amide bonds. The molecule has 0 atom stereocenters. The van der Waals surface area contributed by atoms with Crippen LogP contribution >= 0.6 is 0 Å². The summed E-state index contributed by atoms with van der Waals surface area (Å²) in [5.74, 6) is -0.935. The van der Waals surface area contributed by atoms with Gasteiger partial charge in [-0.25, -0.2) is 9.18 Å². The van der Waals surface area contributed by atoms with E-state index in [2.05, 4.69) is 0 Å². The standard InChI is InChI=1S/C17H23FN4O3/c1-12(2)21(17(25)19(3)4)10-15(23)20-9-16(24)22(11-20)14-7-5-13(18)6-8-14/h5-8,12H,9-11H2,1-4H3. The zero-order chi connectivity index (χ0) is 18.7. The second-order valence-electron chi connectivity index (χ2n) is 6.43. The van der Waals surface area contributed by atoms with E-state index in [0.717, 1.165) is 0 Å². The molecule has 1 aromatic carbocycles. The molecule has 0 saturated carbocycles. The van der Waals surface area contributed by atoms with Crippen LogP contribution in [0, 0.1) is 5.82 Å². The minimum Gasteiger partial charge on any atom is -0.331 e. The predicted octanol–water partition coefficient (Wildman–Crippen LogP) is 1.35. The van der Waals surface area contributed by atoms with Gasteiger partial charge in [-0.2, -0.15) is 0 Å². The second-order valence-corrected chi connectivity index (χ2v) is 6.43. The summed E-state index contributed by atoms with van der Waals surface area (Å²) in [5, 5.41) is 0. The summed E-state index contributed by atoms with van der Waals surface area (Å²) < 4.78 is 13.0. The lowest BCUT2D eigenvalue weighted by Crippen LogP contribution is -2.49. The van der Waals surface area contributed by atoms with Gasteiger partial charge in [-0.1, -0.05) is 0 Å². The van der Waals surface area contributed by atoms with Gasteiger partial charge in [0.25, 0.3) is 0 Å². The van der Waals surface area contributed by atoms with Gasteiger partial charge in [-0.3, -0.25) is 14.5 Å². The molecule has 0 radical (unpaired) electrons. The molecule has 1 aliphatic rings. The lowest BCUT2D eigenvalue weighted by molar-refractivity contribution is -0.132. The van der Waals surface area contributed by atoms with Crippen molar-refractivity contribution in [2.75, 3.05) is 38.8 Å². The van der Waals surface area contributed by atoms with Crippen LogP contribution in [0.15, 0.2) is 24.3 Å². The van der Waals surface area contributed by atoms with E-state index >= 15 is 0 Å². The number of benzene rings is 1. The zero-order valence-electron chi connectivity index (χ0n) is 14.9. The van der Waals surface area contributed by atoms with Crippen LogP contribution in [0.2, 0.25) is 0 Å². The summed E-state index contributed by atoms with van der Waals surface area (Å²) in [4.78, 5) is 42.6. The molecule has 136 valence electrons. The maximum absolute atomic E-state index is 13.0. The quantitative estimate of drug-likeness (QED) is 0.823. The van der Waals surface area contributed by atoms with Gasteiger partial charge in [-0.15, -0.1) is 0 Å². The van der Waals surface area contributed by atoms with E-state index in [-0.39, 0.29) is 43.6 Å². The van der Waals surface area contributed by atoms with Crippen LogP contribution in [0.3, 0.4) is 0 Å². The third-order valence-electron chi connectivity index (χ3n) is 3.99. The number of carbonyl (C=O) groups is 3. The summed E-state index contributed by atoms with van der Waals surface area (Å²) >= 11 is 0. The molecule has 25 heavy (non-hydrogen) atoms. The third kappa shape index (κ3) is 4.26. The van der Waals surface area contributed by atoms with Crippen molar-refractivity contribution in [3.63, 3.8) is 0 Å². The fourth-order valence-electron chi connectivity index (χ4n) is 2.54. The summed E-state index contributed by atoms with van der Waals surface area (Å²) in [5.41, 5.74) is 0.534. The highest BCUT2D eigenvalue weighted by molar-refractivity contribution is 6.00. The average Bonchev–Trinajstić information content (AvgIpc) is 2.94. The van der Waals surface area contributed by atoms with Crippen molar-refractivity contribution in [1.82, 2.24) is 14.7 Å². The van der Waals surface area contributed by atoms with E-state index in [4.69, 9.17) is 0 Å². The van der Waals surface area contributed by atoms with E-state index in [9.17, 15) is 18.8 Å². The minimum atomic E-state index is -0.391. The number of hydrogen-bond donors (Lipinski definition) is 0. The zero-order valence-corrected chi connectivity index (χ0v) is 14.9. The summed E-state index contributed by atoms with van der Waals surface area (Å²) in [6.07, 6.45) is 0. The molecule has 0 bridgehead atoms. The van der Waals surface area contributed by atoms with Crippen LogP contribution in [0.25, 0.3) is 0 Å². The Morgan fingerprint density at radius 2 is 1.80 bits per heavy atom. The Morgan fingerprint density at radius 1 is 1.20 bits per heavy atom. The molecular weight excluding hydrogens is 327 g/mol. The number of anilines is 1. The fourth-order valence-corrected chi connectivity index (χ4v) is 2.54. The maximum Gasteiger partial charge on any atom is 0.320 e. The SMILES string of the molecule is CC(C)N(CC(=O)N1CC(=O)N(c2ccc(F)cc2)C1)C(=O)N(C)C. The van der Waals surface area contributed by atoms with Gasteiger partial charge >= 0.3 is 6.03 Å². The van der Waals surface area contributed by atoms with E-state index in [1.165, 1.54) is 43.9 Å². The van der Waals surface area contributed by atoms with Crippen molar-refractivity contribution >= 4 is 23.5 Å². The molecule has 0 spiro atoms. The van der Waals surface area contributed by atoms with Gasteiger partial charge in [-0.05, 0) is 38.1 Å². The lowest BCUT2D eigenvalue weighted by atomic mass is 10.3. The molecule has 2 rings (SSSR count). The molecule has 0 N–H and O–H groups in total. The molecule has 0 unspecified atom stereocenters. The Hall–Kier alpha value is -2.64. The number of rotatable bonds is 4. The second kappa shape index (κ2) is 7.50. The normalized spacial score (nSPS) is 14.2. The Balaban J connectivity index is 2.06. The number of hydrogen-bond acceptors (Lipinski definition) is 3. The first-order valence-corrected chi connectivity index (χ1v) is 8.02. The fraction of sp³-hybridized carbons (Fsp3) is 0.471. The molecule has 1 fully saturated rings. The third-order valence-corrected chi connectivity index (χ3v) is 3.99. The van der Waals surface area contributed by atoms with Gasteiger partial charge in [0.05, 0.1) is 0 Å². The average molecular weight is 350 g/mol. The van der Waals surface area contributed by atoms with Crippen LogP contribution < -0.4 is 4.90 Å². The van der Waals surface area contributed by atoms with E-state index in [1.54, 1.807) is 14.1 Å². The number of nitrogens with zero attached hydrogens (tertiary/aromatic N) is 4. The number of urea groups is 1. The van der Waals surface area contributed by atoms with Crippen molar-refractivity contribution in [2.24, 2.45) is 0 Å². The summed E-state index contributed by atoms with van der Waals surface area (Å²) in [6.45, 7) is 3.59. The monoisotopic (exact) mass is 350 g/mol. The maximum atomic E-state index is 13.0. The molecule has 1 heterocycles. The largest absolute Gasteiger partial charge is 0.331 e. The van der Waals surface area contributed by atoms with Gasteiger partial charge < -0.3 is 14.7 Å². The molecular formula is C17H23FN4O3. The van der Waals surface area contributed by atoms with Crippen molar-refractivity contribution in [1.29, 1.82) is 0 Å². The van der Waals surface area contributed by atoms with Crippen LogP contribution in [-0.2, 0) is 9.59 Å². The van der Waals surface area contributed by atoms with Crippen LogP contribution in [-0.4, -0.2) is 72.4 Å². The highest BCUT2D eigenvalue weighted by Gasteiger charge is 2.33. The Kier molecular flexibility index (Phi) is 5.61. The number of amides is 4. The van der Waals surface area contributed by atoms with Gasteiger partial charge in [0.1, 0.15) is 25.6 Å². The van der Waals surface area contributed by atoms with Crippen molar-refractivity contribution < 1.29 is 18.8 Å². The molecule has 0 aromatic heterocycles. The van der Waals surface area contributed by atoms with Gasteiger partial charge in [0.2, 0.25) is 11.8 Å². The predicted molar refractivity (Wildman–Crippen MR) is 91.4 cm³/mol. The molecule has 8 heteroatoms. The topological polar surface area (TPSA) is 64.2 Å². The van der Waals surface area contributed by atoms with Crippen LogP contribution in [0.5, 0.6) is 0 Å². The summed E-state index contributed by atoms with van der Waals surface area (Å²) in [7, 11) is 3.25. The van der Waals surface area contributed by atoms with Crippen LogP contribution in [0.4, 0.5) is 14.9 Å². The Morgan fingerprint density at radius 3 is 2.32 bits per heavy atom. The number of halogens is 1. The van der Waals surface area contributed by atoms with E-state index in [1.807, 2.05) is 13.8 Å². The molecule has 1 saturated heterocycles. The number of carbonyl (C=O) groups excluding carboxylic acids is 3. The first kappa shape index (κ1) is 18.7. The lowest BCUT2D eigenvalue weighted by Gasteiger charge is -2.30. The van der Waals surface area contributed by atoms with Crippen molar-refractivity contribution in [3.05, 3.63) is 30.1 Å². The van der Waals surface area contributed by atoms with Crippen LogP contribution in [0.1, 0.15) is 13.8 Å². The summed E-state index contributed by atoms with van der Waals surface area (Å²) in [6, 6.07) is 5.12. The molecule has 1 aliphatic heterocycles. The molecule has 1 aromatic rings.